The average Bonchev–Trinajstić information content (AvgIpc) is 2.85. The summed E-state index contributed by atoms with van der Waals surface area (Å²) in [5.74, 6) is 0.357. The van der Waals surface area contributed by atoms with Gasteiger partial charge in [-0.2, -0.15) is 15.1 Å². The fourth-order valence-corrected chi connectivity index (χ4v) is 3.97. The van der Waals surface area contributed by atoms with Crippen molar-refractivity contribution in [2.45, 2.75) is 46.0 Å². The van der Waals surface area contributed by atoms with E-state index in [4.69, 9.17) is 15.5 Å². The van der Waals surface area contributed by atoms with E-state index in [9.17, 15) is 4.79 Å². The Morgan fingerprint density at radius 3 is 2.65 bits per heavy atom. The Morgan fingerprint density at radius 2 is 1.94 bits per heavy atom. The molecule has 1 amide bonds. The number of carbonyl (C=O) groups excluding carboxylic acids is 1. The van der Waals surface area contributed by atoms with E-state index in [1.54, 1.807) is 24.4 Å². The topological polar surface area (TPSA) is 109 Å². The van der Waals surface area contributed by atoms with E-state index in [2.05, 4.69) is 39.2 Å². The van der Waals surface area contributed by atoms with Crippen molar-refractivity contribution >= 4 is 23.6 Å². The third kappa shape index (κ3) is 7.98. The molecule has 3 rings (SSSR count). The van der Waals surface area contributed by atoms with Gasteiger partial charge in [-0.15, -0.1) is 0 Å². The van der Waals surface area contributed by atoms with Gasteiger partial charge in [0.2, 0.25) is 5.91 Å². The van der Waals surface area contributed by atoms with Crippen molar-refractivity contribution in [2.75, 3.05) is 49.7 Å². The van der Waals surface area contributed by atoms with Gasteiger partial charge < -0.3 is 15.4 Å². The number of benzene rings is 1. The Morgan fingerprint density at radius 1 is 1.18 bits per heavy atom. The fraction of sp³-hybridized carbons (Fsp3) is 0.520. The van der Waals surface area contributed by atoms with Crippen molar-refractivity contribution in [3.8, 4) is 6.01 Å². The summed E-state index contributed by atoms with van der Waals surface area (Å²) in [6.45, 7) is 9.83. The predicted molar refractivity (Wildman–Crippen MR) is 137 cm³/mol. The highest BCUT2D eigenvalue weighted by Crippen LogP contribution is 2.18. The number of hydrazone groups is 1. The quantitative estimate of drug-likeness (QED) is 0.343. The smallest absolute Gasteiger partial charge is 0.319 e. The molecule has 1 fully saturated rings. The van der Waals surface area contributed by atoms with Crippen LogP contribution in [0.15, 0.2) is 35.4 Å². The molecule has 1 aliphatic heterocycles. The molecule has 1 saturated heterocycles. The summed E-state index contributed by atoms with van der Waals surface area (Å²) in [5, 5.41) is 4.30. The molecule has 2 heterocycles. The van der Waals surface area contributed by atoms with Crippen LogP contribution in [0.25, 0.3) is 0 Å². The maximum Gasteiger partial charge on any atom is 0.319 e. The number of nitrogens with one attached hydrogen (secondary N) is 1. The molecular formula is C25H37N7O2. The van der Waals surface area contributed by atoms with Gasteiger partial charge in [0.25, 0.3) is 0 Å². The van der Waals surface area contributed by atoms with Crippen LogP contribution in [0, 0.1) is 0 Å². The van der Waals surface area contributed by atoms with Crippen molar-refractivity contribution in [2.24, 2.45) is 10.8 Å². The fourth-order valence-electron chi connectivity index (χ4n) is 3.97. The number of nitrogens with two attached hydrogens (primary N) is 1. The lowest BCUT2D eigenvalue weighted by Gasteiger charge is -2.26. The summed E-state index contributed by atoms with van der Waals surface area (Å²) in [6.07, 6.45) is 7.51. The zero-order valence-corrected chi connectivity index (χ0v) is 20.4. The average molecular weight is 468 g/mol. The standard InChI is InChI=1S/C25H37N7O2/c1-3-11-32(12-4-2)23-18-22(19-27-30-21-10-8-9-20(17-21)24(26)33)28-25(29-23)34-16-15-31-13-6-5-7-14-31/h8-10,17-19,30H,3-7,11-16H2,1-2H3,(H2,26,33)/b27-19+. The second-order valence-electron chi connectivity index (χ2n) is 8.49. The van der Waals surface area contributed by atoms with Crippen LogP contribution in [0.5, 0.6) is 6.01 Å². The summed E-state index contributed by atoms with van der Waals surface area (Å²) in [6, 6.07) is 9.18. The van der Waals surface area contributed by atoms with Crippen molar-refractivity contribution in [3.05, 3.63) is 41.6 Å². The van der Waals surface area contributed by atoms with Crippen LogP contribution in [0.2, 0.25) is 0 Å². The molecule has 1 aliphatic rings. The van der Waals surface area contributed by atoms with Gasteiger partial charge >= 0.3 is 6.01 Å². The van der Waals surface area contributed by atoms with Crippen molar-refractivity contribution in [3.63, 3.8) is 0 Å². The highest BCUT2D eigenvalue weighted by molar-refractivity contribution is 5.93. The highest BCUT2D eigenvalue weighted by Gasteiger charge is 2.13. The number of nitrogens with zero attached hydrogens (tertiary/aromatic N) is 5. The van der Waals surface area contributed by atoms with E-state index >= 15 is 0 Å². The maximum absolute atomic E-state index is 11.4. The van der Waals surface area contributed by atoms with Gasteiger partial charge in [-0.3, -0.25) is 15.1 Å². The number of amides is 1. The molecule has 1 aromatic carbocycles. The first-order valence-corrected chi connectivity index (χ1v) is 12.3. The molecule has 1 aromatic heterocycles. The number of primary amides is 1. The second kappa shape index (κ2) is 13.5. The third-order valence-corrected chi connectivity index (χ3v) is 5.65. The summed E-state index contributed by atoms with van der Waals surface area (Å²) < 4.78 is 5.98. The third-order valence-electron chi connectivity index (χ3n) is 5.65. The number of hydrogen-bond acceptors (Lipinski definition) is 8. The van der Waals surface area contributed by atoms with Gasteiger partial charge in [0.05, 0.1) is 17.6 Å². The SMILES string of the molecule is CCCN(CCC)c1cc(/C=N/Nc2cccc(C(N)=O)c2)nc(OCCN2CCCCC2)n1. The van der Waals surface area contributed by atoms with E-state index in [1.807, 2.05) is 12.1 Å². The van der Waals surface area contributed by atoms with E-state index in [-0.39, 0.29) is 0 Å². The Kier molecular flexibility index (Phi) is 10.1. The minimum Gasteiger partial charge on any atom is -0.462 e. The molecule has 0 bridgehead atoms. The lowest BCUT2D eigenvalue weighted by atomic mass is 10.1. The summed E-state index contributed by atoms with van der Waals surface area (Å²) in [4.78, 5) is 25.3. The lowest BCUT2D eigenvalue weighted by molar-refractivity contribution is 0.100. The van der Waals surface area contributed by atoms with E-state index < -0.39 is 5.91 Å². The molecule has 0 saturated carbocycles. The molecule has 2 aromatic rings. The number of anilines is 2. The molecule has 184 valence electrons. The molecule has 9 nitrogen and oxygen atoms in total. The summed E-state index contributed by atoms with van der Waals surface area (Å²) in [5.41, 5.74) is 10.0. The van der Waals surface area contributed by atoms with E-state index in [1.165, 1.54) is 19.3 Å². The molecule has 0 unspecified atom stereocenters. The summed E-state index contributed by atoms with van der Waals surface area (Å²) in [7, 11) is 0. The second-order valence-corrected chi connectivity index (χ2v) is 8.49. The number of piperidine rings is 1. The minimum absolute atomic E-state index is 0.365. The molecule has 9 heteroatoms. The Labute approximate surface area is 202 Å². The van der Waals surface area contributed by atoms with Gasteiger partial charge in [0, 0.05) is 31.3 Å². The number of carbonyl (C=O) groups is 1. The number of rotatable bonds is 13. The Bertz CT molecular complexity index is 939. The van der Waals surface area contributed by atoms with Crippen molar-refractivity contribution < 1.29 is 9.53 Å². The van der Waals surface area contributed by atoms with Crippen LogP contribution >= 0.6 is 0 Å². The minimum atomic E-state index is -0.480. The van der Waals surface area contributed by atoms with Gasteiger partial charge in [-0.1, -0.05) is 26.3 Å². The van der Waals surface area contributed by atoms with E-state index in [0.29, 0.717) is 29.6 Å². The molecule has 0 radical (unpaired) electrons. The van der Waals surface area contributed by atoms with Crippen LogP contribution in [0.4, 0.5) is 11.5 Å². The summed E-state index contributed by atoms with van der Waals surface area (Å²) >= 11 is 0. The normalized spacial score (nSPS) is 14.3. The number of ether oxygens (including phenoxy) is 1. The van der Waals surface area contributed by atoms with Crippen molar-refractivity contribution in [1.82, 2.24) is 14.9 Å². The van der Waals surface area contributed by atoms with E-state index in [0.717, 1.165) is 51.4 Å². The maximum atomic E-state index is 11.4. The zero-order chi connectivity index (χ0) is 24.2. The van der Waals surface area contributed by atoms with Gasteiger partial charge in [0.15, 0.2) is 0 Å². The van der Waals surface area contributed by atoms with Crippen LogP contribution < -0.4 is 20.8 Å². The molecule has 0 spiro atoms. The number of aromatic nitrogens is 2. The first-order chi connectivity index (χ1) is 16.6. The molecule has 34 heavy (non-hydrogen) atoms. The monoisotopic (exact) mass is 467 g/mol. The van der Waals surface area contributed by atoms with Gasteiger partial charge in [0.1, 0.15) is 12.4 Å². The Balaban J connectivity index is 1.73. The molecular weight excluding hydrogens is 430 g/mol. The highest BCUT2D eigenvalue weighted by atomic mass is 16.5. The largest absolute Gasteiger partial charge is 0.462 e. The first-order valence-electron chi connectivity index (χ1n) is 12.3. The van der Waals surface area contributed by atoms with Gasteiger partial charge in [-0.25, -0.2) is 0 Å². The lowest BCUT2D eigenvalue weighted by Crippen LogP contribution is -2.33. The molecule has 0 aliphatic carbocycles. The predicted octanol–water partition coefficient (Wildman–Crippen LogP) is 3.51. The van der Waals surface area contributed by atoms with Gasteiger partial charge in [-0.05, 0) is 57.0 Å². The Hall–Kier alpha value is -3.20. The zero-order valence-electron chi connectivity index (χ0n) is 20.4. The van der Waals surface area contributed by atoms with Crippen molar-refractivity contribution in [1.29, 1.82) is 0 Å². The van der Waals surface area contributed by atoms with Crippen LogP contribution in [-0.2, 0) is 0 Å². The molecule has 0 atom stereocenters. The number of hydrogen-bond donors (Lipinski definition) is 2. The van der Waals surface area contributed by atoms with Crippen LogP contribution in [0.3, 0.4) is 0 Å². The van der Waals surface area contributed by atoms with Crippen LogP contribution in [0.1, 0.15) is 62.0 Å². The molecule has 3 N–H and O–H groups in total. The first kappa shape index (κ1) is 25.4. The van der Waals surface area contributed by atoms with Crippen LogP contribution in [-0.4, -0.2) is 66.3 Å². The number of likely N-dealkylation sites (tertiary alicyclic amines) is 1.